The summed E-state index contributed by atoms with van der Waals surface area (Å²) in [4.78, 5) is 21.9. The number of nitrogens with two attached hydrogens (primary N) is 1. The van der Waals surface area contributed by atoms with Crippen molar-refractivity contribution in [1.29, 1.82) is 0 Å². The number of carbonyl (C=O) groups excluding carboxylic acids is 1. The van der Waals surface area contributed by atoms with Gasteiger partial charge in [0.25, 0.3) is 0 Å². The molecule has 2 N–H and O–H groups in total. The van der Waals surface area contributed by atoms with Gasteiger partial charge in [0.15, 0.2) is 5.65 Å². The van der Waals surface area contributed by atoms with Crippen LogP contribution < -0.4 is 5.73 Å². The zero-order valence-electron chi connectivity index (χ0n) is 12.6. The van der Waals surface area contributed by atoms with Crippen molar-refractivity contribution >= 4 is 45.5 Å². The zero-order chi connectivity index (χ0) is 16.1. The molecule has 1 fully saturated rings. The number of halogens is 1. The number of ether oxygens (including phenoxy) is 1. The molecule has 0 bridgehead atoms. The van der Waals surface area contributed by atoms with Crippen molar-refractivity contribution in [2.24, 2.45) is 0 Å². The van der Waals surface area contributed by atoms with E-state index in [2.05, 4.69) is 37.7 Å². The smallest absolute Gasteiger partial charge is 0.410 e. The van der Waals surface area contributed by atoms with Gasteiger partial charge in [0.2, 0.25) is 0 Å². The van der Waals surface area contributed by atoms with E-state index in [0.29, 0.717) is 24.6 Å². The maximum Gasteiger partial charge on any atom is 0.410 e. The monoisotopic (exact) mass is 416 g/mol. The molecule has 1 amide bonds. The molecule has 0 aliphatic carbocycles. The van der Waals surface area contributed by atoms with Crippen molar-refractivity contribution in [1.82, 2.24) is 24.6 Å². The molecule has 118 valence electrons. The number of amides is 1. The lowest BCUT2D eigenvalue weighted by Crippen LogP contribution is -2.52. The highest BCUT2D eigenvalue weighted by Gasteiger charge is 2.36. The van der Waals surface area contributed by atoms with Crippen LogP contribution in [-0.4, -0.2) is 49.4 Å². The number of nitrogens with zero attached hydrogens (tertiary/aromatic N) is 5. The summed E-state index contributed by atoms with van der Waals surface area (Å²) < 4.78 is 7.93. The molecule has 1 saturated heterocycles. The third-order valence-electron chi connectivity index (χ3n) is 3.34. The minimum Gasteiger partial charge on any atom is -0.444 e. The summed E-state index contributed by atoms with van der Waals surface area (Å²) in [5, 5.41) is 5.25. The number of fused-ring (bicyclic) bond motifs is 1. The number of aromatic nitrogens is 4. The van der Waals surface area contributed by atoms with Gasteiger partial charge in [-0.1, -0.05) is 0 Å². The van der Waals surface area contributed by atoms with Gasteiger partial charge in [-0.3, -0.25) is 0 Å². The van der Waals surface area contributed by atoms with Crippen LogP contribution in [-0.2, 0) is 4.74 Å². The van der Waals surface area contributed by atoms with E-state index in [1.807, 2.05) is 25.5 Å². The minimum absolute atomic E-state index is 0.0767. The Labute approximate surface area is 141 Å². The van der Waals surface area contributed by atoms with Crippen LogP contribution in [0.25, 0.3) is 11.0 Å². The average molecular weight is 416 g/mol. The summed E-state index contributed by atoms with van der Waals surface area (Å²) in [6, 6.07) is 0.0767. The van der Waals surface area contributed by atoms with E-state index < -0.39 is 5.60 Å². The van der Waals surface area contributed by atoms with Crippen molar-refractivity contribution in [3.8, 4) is 0 Å². The van der Waals surface area contributed by atoms with Gasteiger partial charge in [0.05, 0.1) is 11.4 Å². The number of likely N-dealkylation sites (tertiary alicyclic amines) is 1. The molecular formula is C13H17IN6O2. The SMILES string of the molecule is CC(C)(C)OC(=O)N1CC(n2nc(I)c3c(N)ncnc32)C1. The Kier molecular flexibility index (Phi) is 3.62. The van der Waals surface area contributed by atoms with E-state index >= 15 is 0 Å². The van der Waals surface area contributed by atoms with Crippen LogP contribution in [0.5, 0.6) is 0 Å². The van der Waals surface area contributed by atoms with E-state index in [4.69, 9.17) is 10.5 Å². The van der Waals surface area contributed by atoms with Crippen LogP contribution >= 0.6 is 22.6 Å². The largest absolute Gasteiger partial charge is 0.444 e. The quantitative estimate of drug-likeness (QED) is 0.712. The highest BCUT2D eigenvalue weighted by Crippen LogP contribution is 2.29. The van der Waals surface area contributed by atoms with E-state index in [9.17, 15) is 4.79 Å². The molecular weight excluding hydrogens is 399 g/mol. The number of hydrogen-bond acceptors (Lipinski definition) is 6. The summed E-state index contributed by atoms with van der Waals surface area (Å²) in [5.41, 5.74) is 6.09. The summed E-state index contributed by atoms with van der Waals surface area (Å²) in [6.07, 6.45) is 1.13. The predicted molar refractivity (Wildman–Crippen MR) is 89.3 cm³/mol. The Morgan fingerprint density at radius 1 is 1.41 bits per heavy atom. The first-order chi connectivity index (χ1) is 10.3. The Morgan fingerprint density at radius 2 is 2.09 bits per heavy atom. The molecule has 3 rings (SSSR count). The molecule has 0 atom stereocenters. The summed E-state index contributed by atoms with van der Waals surface area (Å²) >= 11 is 2.12. The Morgan fingerprint density at radius 3 is 2.73 bits per heavy atom. The number of anilines is 1. The fourth-order valence-corrected chi connectivity index (χ4v) is 3.04. The van der Waals surface area contributed by atoms with Crippen molar-refractivity contribution in [2.75, 3.05) is 18.8 Å². The van der Waals surface area contributed by atoms with Gasteiger partial charge in [-0.05, 0) is 43.4 Å². The van der Waals surface area contributed by atoms with Gasteiger partial charge in [-0.15, -0.1) is 0 Å². The van der Waals surface area contributed by atoms with E-state index in [1.165, 1.54) is 6.33 Å². The molecule has 9 heteroatoms. The molecule has 8 nitrogen and oxygen atoms in total. The molecule has 3 heterocycles. The molecule has 0 aromatic carbocycles. The maximum atomic E-state index is 12.0. The Balaban J connectivity index is 1.76. The van der Waals surface area contributed by atoms with Crippen molar-refractivity contribution < 1.29 is 9.53 Å². The highest BCUT2D eigenvalue weighted by atomic mass is 127. The van der Waals surface area contributed by atoms with Crippen molar-refractivity contribution in [3.05, 3.63) is 10.0 Å². The molecule has 0 spiro atoms. The minimum atomic E-state index is -0.488. The van der Waals surface area contributed by atoms with Crippen LogP contribution in [0.1, 0.15) is 26.8 Å². The lowest BCUT2D eigenvalue weighted by atomic mass is 10.1. The lowest BCUT2D eigenvalue weighted by molar-refractivity contribution is 0.0000436. The third kappa shape index (κ3) is 2.69. The van der Waals surface area contributed by atoms with Gasteiger partial charge < -0.3 is 15.4 Å². The second kappa shape index (κ2) is 5.21. The number of nitrogen functional groups attached to an aromatic ring is 1. The second-order valence-corrected chi connectivity index (χ2v) is 7.25. The summed E-state index contributed by atoms with van der Waals surface area (Å²) in [5.74, 6) is 0.420. The van der Waals surface area contributed by atoms with Crippen LogP contribution in [0, 0.1) is 3.70 Å². The molecule has 2 aromatic rings. The molecule has 0 radical (unpaired) electrons. The fraction of sp³-hybridized carbons (Fsp3) is 0.538. The standard InChI is InChI=1S/C13H17IN6O2/c1-13(2,3)22-12(21)19-4-7(5-19)20-11-8(9(14)18-20)10(15)16-6-17-11/h6-7H,4-5H2,1-3H3,(H2,15,16,17). The number of rotatable bonds is 1. The maximum absolute atomic E-state index is 12.0. The molecule has 1 aliphatic rings. The first-order valence-electron chi connectivity index (χ1n) is 6.88. The number of carbonyl (C=O) groups is 1. The normalized spacial score (nSPS) is 15.9. The van der Waals surface area contributed by atoms with Crippen LogP contribution in [0.15, 0.2) is 6.33 Å². The van der Waals surface area contributed by atoms with Gasteiger partial charge in [0, 0.05) is 13.1 Å². The fourth-order valence-electron chi connectivity index (χ4n) is 2.29. The van der Waals surface area contributed by atoms with Gasteiger partial charge in [0.1, 0.15) is 21.4 Å². The van der Waals surface area contributed by atoms with Crippen LogP contribution in [0.4, 0.5) is 10.6 Å². The van der Waals surface area contributed by atoms with Crippen LogP contribution in [0.3, 0.4) is 0 Å². The van der Waals surface area contributed by atoms with Crippen LogP contribution in [0.2, 0.25) is 0 Å². The first-order valence-corrected chi connectivity index (χ1v) is 7.96. The molecule has 2 aromatic heterocycles. The first kappa shape index (κ1) is 15.3. The van der Waals surface area contributed by atoms with E-state index in [0.717, 1.165) is 9.09 Å². The highest BCUT2D eigenvalue weighted by molar-refractivity contribution is 14.1. The zero-order valence-corrected chi connectivity index (χ0v) is 14.7. The second-order valence-electron chi connectivity index (χ2n) is 6.23. The van der Waals surface area contributed by atoms with E-state index in [-0.39, 0.29) is 12.1 Å². The third-order valence-corrected chi connectivity index (χ3v) is 4.09. The van der Waals surface area contributed by atoms with Gasteiger partial charge in [-0.25, -0.2) is 19.4 Å². The molecule has 0 saturated carbocycles. The van der Waals surface area contributed by atoms with Gasteiger partial charge in [-0.2, -0.15) is 5.10 Å². The molecule has 1 aliphatic heterocycles. The summed E-state index contributed by atoms with van der Waals surface area (Å²) in [7, 11) is 0. The Bertz CT molecular complexity index is 732. The number of hydrogen-bond donors (Lipinski definition) is 1. The summed E-state index contributed by atoms with van der Waals surface area (Å²) in [6.45, 7) is 6.65. The average Bonchev–Trinajstić information content (AvgIpc) is 2.64. The van der Waals surface area contributed by atoms with E-state index in [1.54, 1.807) is 4.90 Å². The molecule has 0 unspecified atom stereocenters. The lowest BCUT2D eigenvalue weighted by Gasteiger charge is -2.39. The Hall–Kier alpha value is -1.65. The molecule has 22 heavy (non-hydrogen) atoms. The topological polar surface area (TPSA) is 99.2 Å². The van der Waals surface area contributed by atoms with Crippen molar-refractivity contribution in [3.63, 3.8) is 0 Å². The van der Waals surface area contributed by atoms with Crippen molar-refractivity contribution in [2.45, 2.75) is 32.4 Å². The van der Waals surface area contributed by atoms with Gasteiger partial charge >= 0.3 is 6.09 Å². The predicted octanol–water partition coefficient (Wildman–Crippen LogP) is 1.80.